The van der Waals surface area contributed by atoms with Gasteiger partial charge in [0.05, 0.1) is 16.9 Å². The number of ether oxygens (including phenoxy) is 1. The molecule has 2 aromatic carbocycles. The Labute approximate surface area is 178 Å². The summed E-state index contributed by atoms with van der Waals surface area (Å²) in [6.07, 6.45) is -3.44. The topological polar surface area (TPSA) is 39.9 Å². The SMILES string of the molecule is CCc1ccc(-n2nc(C)c3c(C)cc(OCc4cccc(C(F)(F)F)c4)nc32)cc1. The molecule has 0 atom stereocenters. The molecule has 0 saturated heterocycles. The van der Waals surface area contributed by atoms with Crippen LogP contribution < -0.4 is 4.74 Å². The summed E-state index contributed by atoms with van der Waals surface area (Å²) in [6, 6.07) is 15.0. The third kappa shape index (κ3) is 4.26. The normalized spacial score (nSPS) is 11.8. The third-order valence-corrected chi connectivity index (χ3v) is 5.22. The predicted octanol–water partition coefficient (Wildman–Crippen LogP) is 6.20. The van der Waals surface area contributed by atoms with Crippen LogP contribution in [0.1, 0.15) is 34.9 Å². The summed E-state index contributed by atoms with van der Waals surface area (Å²) in [7, 11) is 0. The van der Waals surface area contributed by atoms with Crippen molar-refractivity contribution < 1.29 is 17.9 Å². The number of hydrogen-bond donors (Lipinski definition) is 0. The quantitative estimate of drug-likeness (QED) is 0.382. The molecule has 31 heavy (non-hydrogen) atoms. The van der Waals surface area contributed by atoms with Crippen LogP contribution in [0.15, 0.2) is 54.6 Å². The molecule has 4 rings (SSSR count). The van der Waals surface area contributed by atoms with E-state index >= 15 is 0 Å². The first kappa shape index (κ1) is 20.9. The fraction of sp³-hybridized carbons (Fsp3) is 0.250. The van der Waals surface area contributed by atoms with E-state index in [0.29, 0.717) is 17.1 Å². The van der Waals surface area contributed by atoms with Crippen molar-refractivity contribution in [3.8, 4) is 11.6 Å². The molecule has 0 spiro atoms. The van der Waals surface area contributed by atoms with Crippen molar-refractivity contribution in [1.82, 2.24) is 14.8 Å². The molecule has 4 aromatic rings. The van der Waals surface area contributed by atoms with Crippen molar-refractivity contribution in [2.45, 2.75) is 40.0 Å². The summed E-state index contributed by atoms with van der Waals surface area (Å²) in [5, 5.41) is 5.58. The van der Waals surface area contributed by atoms with Crippen LogP contribution in [0.5, 0.6) is 5.88 Å². The van der Waals surface area contributed by atoms with Gasteiger partial charge in [0, 0.05) is 11.5 Å². The van der Waals surface area contributed by atoms with Gasteiger partial charge in [-0.25, -0.2) is 4.68 Å². The summed E-state index contributed by atoms with van der Waals surface area (Å²) in [5.41, 5.74) is 4.29. The number of hydrogen-bond acceptors (Lipinski definition) is 3. The van der Waals surface area contributed by atoms with Crippen LogP contribution in [0, 0.1) is 13.8 Å². The van der Waals surface area contributed by atoms with Crippen LogP contribution in [0.2, 0.25) is 0 Å². The molecule has 4 nitrogen and oxygen atoms in total. The number of fused-ring (bicyclic) bond motifs is 1. The first-order chi connectivity index (χ1) is 14.8. The fourth-order valence-electron chi connectivity index (χ4n) is 3.60. The van der Waals surface area contributed by atoms with E-state index in [1.165, 1.54) is 11.6 Å². The molecule has 0 radical (unpaired) electrons. The molecule has 0 saturated carbocycles. The lowest BCUT2D eigenvalue weighted by Gasteiger charge is -2.11. The average molecular weight is 425 g/mol. The Hall–Kier alpha value is -3.35. The Morgan fingerprint density at radius 2 is 1.71 bits per heavy atom. The molecule has 160 valence electrons. The second kappa shape index (κ2) is 8.06. The highest BCUT2D eigenvalue weighted by atomic mass is 19.4. The molecular weight excluding hydrogens is 403 g/mol. The van der Waals surface area contributed by atoms with Gasteiger partial charge >= 0.3 is 6.18 Å². The molecule has 2 heterocycles. The van der Waals surface area contributed by atoms with E-state index in [0.717, 1.165) is 40.9 Å². The number of nitrogens with zero attached hydrogens (tertiary/aromatic N) is 3. The van der Waals surface area contributed by atoms with Crippen LogP contribution in [0.4, 0.5) is 13.2 Å². The smallest absolute Gasteiger partial charge is 0.416 e. The molecule has 0 unspecified atom stereocenters. The van der Waals surface area contributed by atoms with E-state index in [1.807, 2.05) is 26.0 Å². The number of aromatic nitrogens is 3. The van der Waals surface area contributed by atoms with Gasteiger partial charge in [-0.1, -0.05) is 31.2 Å². The van der Waals surface area contributed by atoms with Gasteiger partial charge in [0.1, 0.15) is 6.61 Å². The zero-order valence-corrected chi connectivity index (χ0v) is 17.5. The zero-order chi connectivity index (χ0) is 22.2. The van der Waals surface area contributed by atoms with E-state index in [4.69, 9.17) is 4.74 Å². The summed E-state index contributed by atoms with van der Waals surface area (Å²) in [5.74, 6) is 0.341. The van der Waals surface area contributed by atoms with Crippen molar-refractivity contribution in [2.75, 3.05) is 0 Å². The van der Waals surface area contributed by atoms with Gasteiger partial charge in [0.25, 0.3) is 0 Å². The summed E-state index contributed by atoms with van der Waals surface area (Å²) in [4.78, 5) is 4.62. The van der Waals surface area contributed by atoms with Crippen LogP contribution >= 0.6 is 0 Å². The van der Waals surface area contributed by atoms with E-state index < -0.39 is 11.7 Å². The number of halogens is 3. The number of benzene rings is 2. The maximum atomic E-state index is 13.0. The van der Waals surface area contributed by atoms with Crippen molar-refractivity contribution in [3.05, 3.63) is 82.5 Å². The number of alkyl halides is 3. The van der Waals surface area contributed by atoms with Crippen molar-refractivity contribution in [2.24, 2.45) is 0 Å². The second-order valence-corrected chi connectivity index (χ2v) is 7.48. The number of rotatable bonds is 5. The largest absolute Gasteiger partial charge is 0.473 e. The minimum atomic E-state index is -4.39. The molecule has 2 aromatic heterocycles. The van der Waals surface area contributed by atoms with Crippen molar-refractivity contribution in [1.29, 1.82) is 0 Å². The highest BCUT2D eigenvalue weighted by Crippen LogP contribution is 2.30. The van der Waals surface area contributed by atoms with Gasteiger partial charge in [0.2, 0.25) is 5.88 Å². The average Bonchev–Trinajstić information content (AvgIpc) is 3.09. The molecule has 0 amide bonds. The summed E-state index contributed by atoms with van der Waals surface area (Å²) in [6.45, 7) is 5.96. The van der Waals surface area contributed by atoms with Gasteiger partial charge in [-0.15, -0.1) is 0 Å². The van der Waals surface area contributed by atoms with Crippen molar-refractivity contribution in [3.63, 3.8) is 0 Å². The van der Waals surface area contributed by atoms with E-state index in [2.05, 4.69) is 29.1 Å². The standard InChI is InChI=1S/C24H22F3N3O/c1-4-17-8-10-20(11-9-17)30-23-22(16(3)29-30)15(2)12-21(28-23)31-14-18-6-5-7-19(13-18)24(25,26)27/h5-13H,4,14H2,1-3H3. The molecule has 0 bridgehead atoms. The van der Waals surface area contributed by atoms with Gasteiger partial charge in [-0.05, 0) is 61.2 Å². The predicted molar refractivity (Wildman–Crippen MR) is 113 cm³/mol. The highest BCUT2D eigenvalue weighted by Gasteiger charge is 2.30. The zero-order valence-electron chi connectivity index (χ0n) is 17.5. The highest BCUT2D eigenvalue weighted by molar-refractivity contribution is 5.84. The molecule has 0 aliphatic carbocycles. The summed E-state index contributed by atoms with van der Waals surface area (Å²) < 4.78 is 46.4. The lowest BCUT2D eigenvalue weighted by atomic mass is 10.1. The first-order valence-corrected chi connectivity index (χ1v) is 10.0. The fourth-order valence-corrected chi connectivity index (χ4v) is 3.60. The van der Waals surface area contributed by atoms with Crippen molar-refractivity contribution >= 4 is 11.0 Å². The molecule has 0 aliphatic heterocycles. The Morgan fingerprint density at radius 3 is 2.39 bits per heavy atom. The minimum absolute atomic E-state index is 0.0137. The lowest BCUT2D eigenvalue weighted by Crippen LogP contribution is -2.06. The van der Waals surface area contributed by atoms with E-state index in [9.17, 15) is 13.2 Å². The number of aryl methyl sites for hydroxylation is 3. The Kier molecular flexibility index (Phi) is 5.43. The summed E-state index contributed by atoms with van der Waals surface area (Å²) >= 11 is 0. The molecule has 0 N–H and O–H groups in total. The molecule has 0 aliphatic rings. The van der Waals surface area contributed by atoms with E-state index in [-0.39, 0.29) is 6.61 Å². The third-order valence-electron chi connectivity index (χ3n) is 5.22. The molecule has 7 heteroatoms. The maximum absolute atomic E-state index is 13.0. The maximum Gasteiger partial charge on any atom is 0.416 e. The Balaban J connectivity index is 1.67. The van der Waals surface area contributed by atoms with Crippen LogP contribution in [0.3, 0.4) is 0 Å². The van der Waals surface area contributed by atoms with Crippen LogP contribution in [-0.2, 0) is 19.2 Å². The van der Waals surface area contributed by atoms with Gasteiger partial charge in [-0.2, -0.15) is 23.3 Å². The number of pyridine rings is 1. The van der Waals surface area contributed by atoms with Crippen LogP contribution in [0.25, 0.3) is 16.7 Å². The van der Waals surface area contributed by atoms with Gasteiger partial charge in [0.15, 0.2) is 5.65 Å². The van der Waals surface area contributed by atoms with Crippen LogP contribution in [-0.4, -0.2) is 14.8 Å². The second-order valence-electron chi connectivity index (χ2n) is 7.48. The lowest BCUT2D eigenvalue weighted by molar-refractivity contribution is -0.137. The minimum Gasteiger partial charge on any atom is -0.473 e. The first-order valence-electron chi connectivity index (χ1n) is 10.0. The molecular formula is C24H22F3N3O. The van der Waals surface area contributed by atoms with Gasteiger partial charge < -0.3 is 4.74 Å². The Bertz CT molecular complexity index is 1230. The Morgan fingerprint density at radius 1 is 0.968 bits per heavy atom. The molecule has 0 fully saturated rings. The van der Waals surface area contributed by atoms with Gasteiger partial charge in [-0.3, -0.25) is 0 Å². The monoisotopic (exact) mass is 425 g/mol. The van der Waals surface area contributed by atoms with E-state index in [1.54, 1.807) is 16.8 Å².